The minimum Gasteiger partial charge on any atom is -0.392 e. The van der Waals surface area contributed by atoms with Crippen LogP contribution in [0.5, 0.6) is 0 Å². The molecule has 0 spiro atoms. The van der Waals surface area contributed by atoms with Crippen molar-refractivity contribution in [2.24, 2.45) is 11.3 Å². The first-order valence-corrected chi connectivity index (χ1v) is 8.09. The largest absolute Gasteiger partial charge is 0.392 e. The number of hydrogen-bond acceptors (Lipinski definition) is 2. The van der Waals surface area contributed by atoms with E-state index in [2.05, 4.69) is 32.0 Å². The molecular weight excluding hydrogens is 258 g/mol. The molecule has 1 aliphatic carbocycles. The third-order valence-corrected chi connectivity index (χ3v) is 5.13. The lowest BCUT2D eigenvalue weighted by molar-refractivity contribution is 0.00535. The number of hydrogen-bond donors (Lipinski definition) is 1. The molecule has 1 heterocycles. The quantitative estimate of drug-likeness (QED) is 0.908. The summed E-state index contributed by atoms with van der Waals surface area (Å²) in [6, 6.07) is 12.3. The number of benzene rings is 1. The molecule has 1 aromatic carbocycles. The Hall–Kier alpha value is -1.41. The molecule has 2 atom stereocenters. The Balaban J connectivity index is 1.77. The first kappa shape index (κ1) is 14.5. The predicted octanol–water partition coefficient (Wildman–Crippen LogP) is 4.35. The van der Waals surface area contributed by atoms with Crippen molar-refractivity contribution in [3.63, 3.8) is 0 Å². The fourth-order valence-electron chi connectivity index (χ4n) is 3.81. The van der Waals surface area contributed by atoms with Crippen molar-refractivity contribution in [1.29, 1.82) is 0 Å². The third-order valence-electron chi connectivity index (χ3n) is 5.13. The minimum atomic E-state index is -0.283. The Kier molecular flexibility index (Phi) is 3.99. The van der Waals surface area contributed by atoms with E-state index in [1.807, 2.05) is 18.2 Å². The van der Waals surface area contributed by atoms with E-state index < -0.39 is 0 Å². The molecule has 21 heavy (non-hydrogen) atoms. The van der Waals surface area contributed by atoms with E-state index in [1.165, 1.54) is 19.3 Å². The molecule has 2 unspecified atom stereocenters. The fraction of sp³-hybridized carbons (Fsp3) is 0.526. The van der Waals surface area contributed by atoms with Crippen LogP contribution in [0.2, 0.25) is 0 Å². The molecule has 112 valence electrons. The van der Waals surface area contributed by atoms with Gasteiger partial charge in [0.1, 0.15) is 0 Å². The van der Waals surface area contributed by atoms with Crippen LogP contribution in [0.25, 0.3) is 10.9 Å². The molecule has 1 N–H and O–H groups in total. The summed E-state index contributed by atoms with van der Waals surface area (Å²) in [4.78, 5) is 4.70. The average molecular weight is 283 g/mol. The molecule has 2 nitrogen and oxygen atoms in total. The standard InChI is InChI=1S/C19H25NO/c1-19(2)12-6-5-8-16(19)18(21)13-15-11-10-14-7-3-4-9-17(14)20-15/h3-4,7,9-11,16,18,21H,5-6,8,12-13H2,1-2H3. The van der Waals surface area contributed by atoms with Gasteiger partial charge in [-0.3, -0.25) is 4.98 Å². The van der Waals surface area contributed by atoms with Crippen molar-refractivity contribution in [2.75, 3.05) is 0 Å². The zero-order valence-electron chi connectivity index (χ0n) is 13.0. The van der Waals surface area contributed by atoms with Crippen LogP contribution >= 0.6 is 0 Å². The lowest BCUT2D eigenvalue weighted by Crippen LogP contribution is -2.38. The molecule has 0 amide bonds. The van der Waals surface area contributed by atoms with E-state index in [9.17, 15) is 5.11 Å². The summed E-state index contributed by atoms with van der Waals surface area (Å²) in [6.45, 7) is 4.60. The normalized spacial score (nSPS) is 23.1. The van der Waals surface area contributed by atoms with Gasteiger partial charge in [0.15, 0.2) is 0 Å². The Morgan fingerprint density at radius 1 is 1.19 bits per heavy atom. The summed E-state index contributed by atoms with van der Waals surface area (Å²) in [5.74, 6) is 0.388. The molecule has 1 saturated carbocycles. The second kappa shape index (κ2) is 5.76. The zero-order valence-corrected chi connectivity index (χ0v) is 13.0. The molecule has 2 aromatic rings. The summed E-state index contributed by atoms with van der Waals surface area (Å²) in [5.41, 5.74) is 2.27. The van der Waals surface area contributed by atoms with Crippen molar-refractivity contribution in [3.8, 4) is 0 Å². The Morgan fingerprint density at radius 3 is 2.81 bits per heavy atom. The Bertz CT molecular complexity index is 620. The summed E-state index contributed by atoms with van der Waals surface area (Å²) >= 11 is 0. The van der Waals surface area contributed by atoms with Gasteiger partial charge in [0, 0.05) is 17.5 Å². The van der Waals surface area contributed by atoms with Crippen LogP contribution in [-0.2, 0) is 6.42 Å². The van der Waals surface area contributed by atoms with Gasteiger partial charge in [-0.2, -0.15) is 0 Å². The van der Waals surface area contributed by atoms with E-state index in [0.29, 0.717) is 12.3 Å². The summed E-state index contributed by atoms with van der Waals surface area (Å²) in [6.07, 6.45) is 5.29. The summed E-state index contributed by atoms with van der Waals surface area (Å²) in [5, 5.41) is 11.9. The van der Waals surface area contributed by atoms with Gasteiger partial charge in [-0.25, -0.2) is 0 Å². The van der Waals surface area contributed by atoms with Crippen LogP contribution in [0.4, 0.5) is 0 Å². The average Bonchev–Trinajstić information content (AvgIpc) is 2.46. The monoisotopic (exact) mass is 283 g/mol. The van der Waals surface area contributed by atoms with Gasteiger partial charge in [-0.05, 0) is 36.3 Å². The van der Waals surface area contributed by atoms with Crippen molar-refractivity contribution in [2.45, 2.75) is 52.1 Å². The highest BCUT2D eigenvalue weighted by atomic mass is 16.3. The van der Waals surface area contributed by atoms with Crippen LogP contribution in [-0.4, -0.2) is 16.2 Å². The number of nitrogens with zero attached hydrogens (tertiary/aromatic N) is 1. The number of aliphatic hydroxyl groups is 1. The summed E-state index contributed by atoms with van der Waals surface area (Å²) in [7, 11) is 0. The van der Waals surface area contributed by atoms with E-state index in [4.69, 9.17) is 4.98 Å². The number of rotatable bonds is 3. The van der Waals surface area contributed by atoms with E-state index in [0.717, 1.165) is 23.0 Å². The van der Waals surface area contributed by atoms with Crippen molar-refractivity contribution in [3.05, 3.63) is 42.1 Å². The van der Waals surface area contributed by atoms with Crippen LogP contribution in [0.3, 0.4) is 0 Å². The van der Waals surface area contributed by atoms with Gasteiger partial charge < -0.3 is 5.11 Å². The lowest BCUT2D eigenvalue weighted by atomic mass is 9.66. The highest BCUT2D eigenvalue weighted by molar-refractivity contribution is 5.78. The molecule has 1 fully saturated rings. The molecule has 0 saturated heterocycles. The SMILES string of the molecule is CC1(C)CCCCC1C(O)Cc1ccc2ccccc2n1. The molecule has 1 aromatic heterocycles. The number of fused-ring (bicyclic) bond motifs is 1. The fourth-order valence-corrected chi connectivity index (χ4v) is 3.81. The first-order valence-electron chi connectivity index (χ1n) is 8.09. The van der Waals surface area contributed by atoms with Crippen LogP contribution in [0, 0.1) is 11.3 Å². The number of para-hydroxylation sites is 1. The second-order valence-electron chi connectivity index (χ2n) is 7.11. The highest BCUT2D eigenvalue weighted by Crippen LogP contribution is 2.42. The molecule has 1 aliphatic rings. The first-order chi connectivity index (χ1) is 10.1. The van der Waals surface area contributed by atoms with Crippen LogP contribution in [0.15, 0.2) is 36.4 Å². The number of pyridine rings is 1. The predicted molar refractivity (Wildman–Crippen MR) is 87.2 cm³/mol. The van der Waals surface area contributed by atoms with Crippen LogP contribution in [0.1, 0.15) is 45.2 Å². The van der Waals surface area contributed by atoms with Crippen LogP contribution < -0.4 is 0 Å². The maximum atomic E-state index is 10.7. The Labute approximate surface area is 127 Å². The smallest absolute Gasteiger partial charge is 0.0705 e. The molecular formula is C19H25NO. The van der Waals surface area contributed by atoms with Gasteiger partial charge >= 0.3 is 0 Å². The van der Waals surface area contributed by atoms with Gasteiger partial charge in [0.2, 0.25) is 0 Å². The van der Waals surface area contributed by atoms with Gasteiger partial charge in [-0.15, -0.1) is 0 Å². The topological polar surface area (TPSA) is 33.1 Å². The van der Waals surface area contributed by atoms with E-state index in [-0.39, 0.29) is 11.5 Å². The van der Waals surface area contributed by atoms with Gasteiger partial charge in [0.25, 0.3) is 0 Å². The molecule has 2 heteroatoms. The molecule has 3 rings (SSSR count). The third kappa shape index (κ3) is 3.11. The molecule has 0 bridgehead atoms. The van der Waals surface area contributed by atoms with E-state index in [1.54, 1.807) is 0 Å². The van der Waals surface area contributed by atoms with Gasteiger partial charge in [0.05, 0.1) is 11.6 Å². The lowest BCUT2D eigenvalue weighted by Gasteiger charge is -2.41. The highest BCUT2D eigenvalue weighted by Gasteiger charge is 2.36. The number of aromatic nitrogens is 1. The molecule has 0 aliphatic heterocycles. The minimum absolute atomic E-state index is 0.245. The van der Waals surface area contributed by atoms with Crippen molar-refractivity contribution in [1.82, 2.24) is 4.98 Å². The van der Waals surface area contributed by atoms with Crippen molar-refractivity contribution >= 4 is 10.9 Å². The zero-order chi connectivity index (χ0) is 14.9. The Morgan fingerprint density at radius 2 is 2.00 bits per heavy atom. The summed E-state index contributed by atoms with van der Waals surface area (Å²) < 4.78 is 0. The maximum Gasteiger partial charge on any atom is 0.0705 e. The molecule has 0 radical (unpaired) electrons. The van der Waals surface area contributed by atoms with Gasteiger partial charge in [-0.1, -0.05) is 51.0 Å². The number of aliphatic hydroxyl groups excluding tert-OH is 1. The maximum absolute atomic E-state index is 10.7. The second-order valence-corrected chi connectivity index (χ2v) is 7.11. The van der Waals surface area contributed by atoms with Crippen molar-refractivity contribution < 1.29 is 5.11 Å². The van der Waals surface area contributed by atoms with E-state index >= 15 is 0 Å².